The van der Waals surface area contributed by atoms with Crippen molar-refractivity contribution in [2.75, 3.05) is 12.3 Å². The lowest BCUT2D eigenvalue weighted by atomic mass is 9.81. The van der Waals surface area contributed by atoms with Crippen LogP contribution in [0.2, 0.25) is 0 Å². The van der Waals surface area contributed by atoms with Crippen molar-refractivity contribution in [3.05, 3.63) is 18.1 Å². The molecule has 4 unspecified atom stereocenters. The average molecular weight is 326 g/mol. The van der Waals surface area contributed by atoms with Crippen LogP contribution < -0.4 is 5.73 Å². The van der Waals surface area contributed by atoms with Gasteiger partial charge in [-0.25, -0.2) is 18.7 Å². The van der Waals surface area contributed by atoms with Crippen LogP contribution in [-0.2, 0) is 10.5 Å². The first-order valence-corrected chi connectivity index (χ1v) is 7.23. The third-order valence-corrected chi connectivity index (χ3v) is 5.00. The van der Waals surface area contributed by atoms with E-state index < -0.39 is 36.4 Å². The molecule has 2 aromatic heterocycles. The topological polar surface area (TPSA) is 106 Å². The molecule has 0 aliphatic carbocycles. The molecule has 4 N–H and O–H groups in total. The number of aryl methyl sites for hydroxylation is 1. The number of aromatic nitrogens is 3. The van der Waals surface area contributed by atoms with E-state index in [4.69, 9.17) is 10.5 Å². The number of hydrogen-bond acceptors (Lipinski definition) is 6. The van der Waals surface area contributed by atoms with E-state index in [2.05, 4.69) is 9.97 Å². The molecule has 2 saturated heterocycles. The number of nitrogens with two attached hydrogens (primary N) is 1. The Morgan fingerprint density at radius 3 is 2.91 bits per heavy atom. The summed E-state index contributed by atoms with van der Waals surface area (Å²) in [7, 11) is 0. The molecular formula is C14H16F2N4O3. The van der Waals surface area contributed by atoms with Gasteiger partial charge in [0.1, 0.15) is 29.5 Å². The van der Waals surface area contributed by atoms with Gasteiger partial charge >= 0.3 is 0 Å². The standard InChI is InChI=1S/C14H16F2N4O3/c1-6-3-20(12-8(6)11(17)18-5-19-12)14-7(15)2-13(4-21,23-14)10(22)9(14)16/h3,5,7,9-10,21-22H,2,4H2,1H3,(H2,17,18,19)/t7?,9?,10?,13?,14-/m0/s1. The van der Waals surface area contributed by atoms with E-state index in [1.54, 1.807) is 6.92 Å². The van der Waals surface area contributed by atoms with Gasteiger partial charge in [-0.15, -0.1) is 0 Å². The van der Waals surface area contributed by atoms with Gasteiger partial charge in [-0.05, 0) is 12.5 Å². The van der Waals surface area contributed by atoms with Crippen molar-refractivity contribution in [1.82, 2.24) is 14.5 Å². The lowest BCUT2D eigenvalue weighted by molar-refractivity contribution is -0.145. The summed E-state index contributed by atoms with van der Waals surface area (Å²) in [6.07, 6.45) is -3.05. The molecule has 4 rings (SSSR count). The highest BCUT2D eigenvalue weighted by Crippen LogP contribution is 2.57. The quantitative estimate of drug-likeness (QED) is 0.727. The lowest BCUT2D eigenvalue weighted by Crippen LogP contribution is -2.54. The zero-order chi connectivity index (χ0) is 16.6. The van der Waals surface area contributed by atoms with Crippen LogP contribution in [0.5, 0.6) is 0 Å². The van der Waals surface area contributed by atoms with Crippen molar-refractivity contribution >= 4 is 16.9 Å². The Morgan fingerprint density at radius 1 is 1.48 bits per heavy atom. The molecule has 2 aliphatic heterocycles. The first-order chi connectivity index (χ1) is 10.9. The number of anilines is 1. The Bertz CT molecular complexity index is 800. The van der Waals surface area contributed by atoms with Crippen LogP contribution in [0.15, 0.2) is 12.5 Å². The fourth-order valence-corrected chi connectivity index (χ4v) is 3.84. The molecule has 2 bridgehead atoms. The Labute approximate surface area is 129 Å². The summed E-state index contributed by atoms with van der Waals surface area (Å²) in [6.45, 7) is 1.04. The SMILES string of the molecule is Cc1cn([C@]23OC(CO)(CC2F)C(O)C3F)c2ncnc(N)c12. The largest absolute Gasteiger partial charge is 0.393 e. The second kappa shape index (κ2) is 4.37. The predicted octanol–water partition coefficient (Wildman–Crippen LogP) is 0.177. The number of aliphatic hydroxyl groups excluding tert-OH is 2. The molecular weight excluding hydrogens is 310 g/mol. The van der Waals surface area contributed by atoms with Crippen LogP contribution in [0.4, 0.5) is 14.6 Å². The number of rotatable bonds is 2. The highest BCUT2D eigenvalue weighted by Gasteiger charge is 2.74. The van der Waals surface area contributed by atoms with Gasteiger partial charge in [-0.2, -0.15) is 0 Å². The smallest absolute Gasteiger partial charge is 0.212 e. The van der Waals surface area contributed by atoms with Crippen LogP contribution in [-0.4, -0.2) is 55.4 Å². The number of ether oxygens (including phenoxy) is 1. The lowest BCUT2D eigenvalue weighted by Gasteiger charge is -2.34. The molecule has 5 atom stereocenters. The first kappa shape index (κ1) is 14.7. The number of alkyl halides is 2. The summed E-state index contributed by atoms with van der Waals surface area (Å²) >= 11 is 0. The van der Waals surface area contributed by atoms with Gasteiger partial charge in [0.25, 0.3) is 0 Å². The van der Waals surface area contributed by atoms with Crippen molar-refractivity contribution in [2.45, 2.75) is 43.1 Å². The molecule has 0 spiro atoms. The van der Waals surface area contributed by atoms with E-state index in [1.165, 1.54) is 17.1 Å². The van der Waals surface area contributed by atoms with Crippen LogP contribution in [0, 0.1) is 6.92 Å². The number of nitrogen functional groups attached to an aromatic ring is 1. The van der Waals surface area contributed by atoms with Crippen LogP contribution >= 0.6 is 0 Å². The molecule has 2 fully saturated rings. The minimum absolute atomic E-state index is 0.193. The third-order valence-electron chi connectivity index (χ3n) is 5.00. The summed E-state index contributed by atoms with van der Waals surface area (Å²) < 4.78 is 36.4. The van der Waals surface area contributed by atoms with Gasteiger partial charge in [-0.3, -0.25) is 4.57 Å². The second-order valence-electron chi connectivity index (χ2n) is 6.23. The summed E-state index contributed by atoms with van der Waals surface area (Å²) in [6, 6.07) is 0. The fourth-order valence-electron chi connectivity index (χ4n) is 3.84. The summed E-state index contributed by atoms with van der Waals surface area (Å²) in [5.74, 6) is 0.193. The molecule has 2 aromatic rings. The van der Waals surface area contributed by atoms with Gasteiger partial charge in [0.2, 0.25) is 5.72 Å². The molecule has 0 aromatic carbocycles. The molecule has 0 saturated carbocycles. The number of fused-ring (bicyclic) bond motifs is 3. The maximum Gasteiger partial charge on any atom is 0.212 e. The first-order valence-electron chi connectivity index (χ1n) is 7.23. The third kappa shape index (κ3) is 1.52. The molecule has 9 heteroatoms. The van der Waals surface area contributed by atoms with E-state index in [0.29, 0.717) is 10.9 Å². The molecule has 4 heterocycles. The van der Waals surface area contributed by atoms with Crippen molar-refractivity contribution in [3.63, 3.8) is 0 Å². The second-order valence-corrected chi connectivity index (χ2v) is 6.23. The zero-order valence-electron chi connectivity index (χ0n) is 12.3. The minimum atomic E-state index is -2.07. The number of nitrogens with zero attached hydrogens (tertiary/aromatic N) is 3. The molecule has 7 nitrogen and oxygen atoms in total. The van der Waals surface area contributed by atoms with Gasteiger partial charge in [0.15, 0.2) is 12.3 Å². The fraction of sp³-hybridized carbons (Fsp3) is 0.571. The predicted molar refractivity (Wildman–Crippen MR) is 76.0 cm³/mol. The van der Waals surface area contributed by atoms with Crippen LogP contribution in [0.3, 0.4) is 0 Å². The minimum Gasteiger partial charge on any atom is -0.393 e. The highest BCUT2D eigenvalue weighted by molar-refractivity contribution is 5.89. The Kier molecular flexibility index (Phi) is 2.80. The van der Waals surface area contributed by atoms with Gasteiger partial charge in [-0.1, -0.05) is 0 Å². The van der Waals surface area contributed by atoms with Gasteiger partial charge in [0, 0.05) is 12.6 Å². The van der Waals surface area contributed by atoms with E-state index in [9.17, 15) is 19.0 Å². The van der Waals surface area contributed by atoms with E-state index in [0.717, 1.165) is 0 Å². The van der Waals surface area contributed by atoms with Crippen LogP contribution in [0.1, 0.15) is 12.0 Å². The molecule has 23 heavy (non-hydrogen) atoms. The monoisotopic (exact) mass is 326 g/mol. The molecule has 2 aliphatic rings. The Balaban J connectivity index is 1.99. The Hall–Kier alpha value is -1.84. The van der Waals surface area contributed by atoms with Crippen LogP contribution in [0.25, 0.3) is 11.0 Å². The normalized spacial score (nSPS) is 39.4. The maximum atomic E-state index is 14.9. The summed E-state index contributed by atoms with van der Waals surface area (Å²) in [5, 5.41) is 20.1. The van der Waals surface area contributed by atoms with Crippen molar-refractivity contribution in [2.24, 2.45) is 0 Å². The zero-order valence-corrected chi connectivity index (χ0v) is 12.3. The maximum absolute atomic E-state index is 14.9. The summed E-state index contributed by atoms with van der Waals surface area (Å²) in [4.78, 5) is 7.96. The number of halogens is 2. The number of aliphatic hydroxyl groups is 2. The average Bonchev–Trinajstić information content (AvgIpc) is 3.09. The van der Waals surface area contributed by atoms with Crippen molar-refractivity contribution < 1.29 is 23.7 Å². The van der Waals surface area contributed by atoms with Gasteiger partial charge in [0.05, 0.1) is 12.0 Å². The molecule has 124 valence electrons. The van der Waals surface area contributed by atoms with E-state index in [-0.39, 0.29) is 17.9 Å². The van der Waals surface area contributed by atoms with Crippen molar-refractivity contribution in [3.8, 4) is 0 Å². The summed E-state index contributed by atoms with van der Waals surface area (Å²) in [5.41, 5.74) is 2.97. The molecule has 0 amide bonds. The Morgan fingerprint density at radius 2 is 2.22 bits per heavy atom. The van der Waals surface area contributed by atoms with E-state index in [1.807, 2.05) is 0 Å². The van der Waals surface area contributed by atoms with E-state index >= 15 is 0 Å². The number of hydrogen-bond donors (Lipinski definition) is 3. The molecule has 0 radical (unpaired) electrons. The van der Waals surface area contributed by atoms with Gasteiger partial charge < -0.3 is 20.7 Å². The van der Waals surface area contributed by atoms with Crippen molar-refractivity contribution in [1.29, 1.82) is 0 Å². The highest BCUT2D eigenvalue weighted by atomic mass is 19.1.